The number of rotatable bonds is 6. The quantitative estimate of drug-likeness (QED) is 0.284. The number of benzene rings is 2. The van der Waals surface area contributed by atoms with E-state index in [4.69, 9.17) is 0 Å². The van der Waals surface area contributed by atoms with Crippen molar-refractivity contribution in [1.82, 2.24) is 9.97 Å². The van der Waals surface area contributed by atoms with Crippen LogP contribution in [0.1, 0.15) is 22.8 Å². The van der Waals surface area contributed by atoms with Crippen molar-refractivity contribution in [2.75, 3.05) is 5.32 Å². The molecule has 0 aliphatic rings. The van der Waals surface area contributed by atoms with Gasteiger partial charge in [-0.15, -0.1) is 0 Å². The molecule has 0 saturated carbocycles. The SMILES string of the molecule is CC(=O)c1ccc(Nc2ncnc(Sc3ccc(C)cc3)c2[N+](=O)[O-])cc1. The van der Waals surface area contributed by atoms with Crippen molar-refractivity contribution in [1.29, 1.82) is 0 Å². The molecular formula is C19H16N4O3S. The summed E-state index contributed by atoms with van der Waals surface area (Å²) in [5, 5.41) is 14.8. The fourth-order valence-electron chi connectivity index (χ4n) is 2.34. The van der Waals surface area contributed by atoms with Crippen LogP contribution in [0.15, 0.2) is 64.8 Å². The summed E-state index contributed by atoms with van der Waals surface area (Å²) in [4.78, 5) is 31.5. The minimum absolute atomic E-state index is 0.0497. The number of carbonyl (C=O) groups is 1. The van der Waals surface area contributed by atoms with Crippen LogP contribution in [0.4, 0.5) is 17.2 Å². The van der Waals surface area contributed by atoms with E-state index in [9.17, 15) is 14.9 Å². The zero-order chi connectivity index (χ0) is 19.4. The lowest BCUT2D eigenvalue weighted by molar-refractivity contribution is -0.387. The van der Waals surface area contributed by atoms with E-state index in [1.165, 1.54) is 25.0 Å². The molecule has 2 aromatic carbocycles. The molecule has 1 aromatic heterocycles. The Kier molecular flexibility index (Phi) is 5.46. The van der Waals surface area contributed by atoms with Crippen LogP contribution < -0.4 is 5.32 Å². The van der Waals surface area contributed by atoms with Crippen LogP contribution in [-0.4, -0.2) is 20.7 Å². The molecule has 136 valence electrons. The van der Waals surface area contributed by atoms with E-state index in [-0.39, 0.29) is 22.3 Å². The number of anilines is 2. The van der Waals surface area contributed by atoms with E-state index in [1.807, 2.05) is 31.2 Å². The van der Waals surface area contributed by atoms with Crippen LogP contribution in [0.2, 0.25) is 0 Å². The molecule has 7 nitrogen and oxygen atoms in total. The Morgan fingerprint density at radius 2 is 1.74 bits per heavy atom. The fraction of sp³-hybridized carbons (Fsp3) is 0.105. The lowest BCUT2D eigenvalue weighted by atomic mass is 10.1. The number of nitrogens with zero attached hydrogens (tertiary/aromatic N) is 3. The molecule has 0 atom stereocenters. The van der Waals surface area contributed by atoms with Crippen LogP contribution in [0.25, 0.3) is 0 Å². The molecule has 0 aliphatic carbocycles. The second-order valence-corrected chi connectivity index (χ2v) is 6.87. The lowest BCUT2D eigenvalue weighted by Gasteiger charge is -2.09. The monoisotopic (exact) mass is 380 g/mol. The number of carbonyl (C=O) groups excluding carboxylic acids is 1. The molecule has 0 radical (unpaired) electrons. The number of aromatic nitrogens is 2. The standard InChI is InChI=1S/C19H16N4O3S/c1-12-3-9-16(10-4-12)27-19-17(23(25)26)18(20-11-21-19)22-15-7-5-14(6-8-15)13(2)24/h3-11H,1-2H3,(H,20,21,22). The van der Waals surface area contributed by atoms with Gasteiger partial charge in [-0.05, 0) is 50.2 Å². The molecule has 0 aliphatic heterocycles. The predicted molar refractivity (Wildman–Crippen MR) is 104 cm³/mol. The van der Waals surface area contributed by atoms with Gasteiger partial charge in [0, 0.05) is 16.1 Å². The molecule has 0 fully saturated rings. The number of ketones is 1. The highest BCUT2D eigenvalue weighted by molar-refractivity contribution is 7.99. The molecule has 0 amide bonds. The first-order valence-corrected chi connectivity index (χ1v) is 8.87. The van der Waals surface area contributed by atoms with Gasteiger partial charge in [0.2, 0.25) is 5.82 Å². The van der Waals surface area contributed by atoms with Gasteiger partial charge >= 0.3 is 5.69 Å². The molecule has 27 heavy (non-hydrogen) atoms. The summed E-state index contributed by atoms with van der Waals surface area (Å²) in [6.07, 6.45) is 1.29. The minimum atomic E-state index is -0.497. The summed E-state index contributed by atoms with van der Waals surface area (Å²) >= 11 is 1.20. The van der Waals surface area contributed by atoms with Crippen molar-refractivity contribution in [2.45, 2.75) is 23.8 Å². The molecule has 3 aromatic rings. The van der Waals surface area contributed by atoms with E-state index in [0.29, 0.717) is 11.3 Å². The third kappa shape index (κ3) is 4.48. The highest BCUT2D eigenvalue weighted by Gasteiger charge is 2.24. The summed E-state index contributed by atoms with van der Waals surface area (Å²) in [6, 6.07) is 14.3. The summed E-state index contributed by atoms with van der Waals surface area (Å²) in [7, 11) is 0. The third-order valence-corrected chi connectivity index (χ3v) is 4.76. The highest BCUT2D eigenvalue weighted by Crippen LogP contribution is 2.37. The van der Waals surface area contributed by atoms with Gasteiger partial charge < -0.3 is 5.32 Å². The summed E-state index contributed by atoms with van der Waals surface area (Å²) in [5.74, 6) is 0.0477. The Morgan fingerprint density at radius 3 is 2.33 bits per heavy atom. The molecular weight excluding hydrogens is 364 g/mol. The number of hydrogen-bond donors (Lipinski definition) is 1. The van der Waals surface area contributed by atoms with Crippen LogP contribution in [0, 0.1) is 17.0 Å². The molecule has 3 rings (SSSR count). The van der Waals surface area contributed by atoms with Crippen molar-refractivity contribution in [3.63, 3.8) is 0 Å². The number of Topliss-reactive ketones (excluding diaryl/α,β-unsaturated/α-hetero) is 1. The van der Waals surface area contributed by atoms with Crippen molar-refractivity contribution in [2.24, 2.45) is 0 Å². The number of hydrogen-bond acceptors (Lipinski definition) is 7. The van der Waals surface area contributed by atoms with Crippen LogP contribution in [0.3, 0.4) is 0 Å². The molecule has 1 N–H and O–H groups in total. The highest BCUT2D eigenvalue weighted by atomic mass is 32.2. The number of nitro groups is 1. The normalized spacial score (nSPS) is 10.4. The van der Waals surface area contributed by atoms with Crippen LogP contribution in [0.5, 0.6) is 0 Å². The van der Waals surface area contributed by atoms with Gasteiger partial charge in [-0.25, -0.2) is 9.97 Å². The van der Waals surface area contributed by atoms with E-state index >= 15 is 0 Å². The Balaban J connectivity index is 1.92. The van der Waals surface area contributed by atoms with Crippen LogP contribution >= 0.6 is 11.8 Å². The second kappa shape index (κ2) is 7.96. The molecule has 0 unspecified atom stereocenters. The van der Waals surface area contributed by atoms with Gasteiger partial charge in [-0.2, -0.15) is 0 Å². The van der Waals surface area contributed by atoms with Gasteiger partial charge in [-0.1, -0.05) is 29.5 Å². The van der Waals surface area contributed by atoms with Crippen molar-refractivity contribution in [3.8, 4) is 0 Å². The fourth-order valence-corrected chi connectivity index (χ4v) is 3.20. The van der Waals surface area contributed by atoms with E-state index in [0.717, 1.165) is 10.5 Å². The van der Waals surface area contributed by atoms with Crippen molar-refractivity contribution in [3.05, 3.63) is 76.1 Å². The maximum Gasteiger partial charge on any atom is 0.343 e. The Labute approximate surface area is 160 Å². The first-order chi connectivity index (χ1) is 12.9. The van der Waals surface area contributed by atoms with Gasteiger partial charge in [0.15, 0.2) is 10.8 Å². The zero-order valence-electron chi connectivity index (χ0n) is 14.7. The van der Waals surface area contributed by atoms with Gasteiger partial charge in [0.05, 0.1) is 4.92 Å². The molecule has 8 heteroatoms. The third-order valence-electron chi connectivity index (χ3n) is 3.76. The molecule has 1 heterocycles. The maximum atomic E-state index is 11.6. The number of nitrogens with one attached hydrogen (secondary N) is 1. The van der Waals surface area contributed by atoms with Crippen LogP contribution in [-0.2, 0) is 0 Å². The first-order valence-electron chi connectivity index (χ1n) is 8.06. The maximum absolute atomic E-state index is 11.6. The van der Waals surface area contributed by atoms with Gasteiger partial charge in [0.1, 0.15) is 6.33 Å². The molecule has 0 bridgehead atoms. The van der Waals surface area contributed by atoms with Crippen molar-refractivity contribution < 1.29 is 9.72 Å². The lowest BCUT2D eigenvalue weighted by Crippen LogP contribution is -2.03. The number of aryl methyl sites for hydroxylation is 1. The van der Waals surface area contributed by atoms with E-state index < -0.39 is 4.92 Å². The van der Waals surface area contributed by atoms with Gasteiger partial charge in [-0.3, -0.25) is 14.9 Å². The Morgan fingerprint density at radius 1 is 1.07 bits per heavy atom. The van der Waals surface area contributed by atoms with E-state index in [1.54, 1.807) is 24.3 Å². The largest absolute Gasteiger partial charge is 0.343 e. The average Bonchev–Trinajstić information content (AvgIpc) is 2.64. The second-order valence-electron chi connectivity index (χ2n) is 5.81. The average molecular weight is 380 g/mol. The molecule has 0 spiro atoms. The first kappa shape index (κ1) is 18.5. The molecule has 0 saturated heterocycles. The summed E-state index contributed by atoms with van der Waals surface area (Å²) in [6.45, 7) is 3.45. The summed E-state index contributed by atoms with van der Waals surface area (Å²) in [5.41, 5.74) is 2.06. The predicted octanol–water partition coefficient (Wildman–Crippen LogP) is 4.79. The van der Waals surface area contributed by atoms with Gasteiger partial charge in [0.25, 0.3) is 0 Å². The summed E-state index contributed by atoms with van der Waals surface area (Å²) < 4.78 is 0. The Hall–Kier alpha value is -3.26. The minimum Gasteiger partial charge on any atom is -0.334 e. The van der Waals surface area contributed by atoms with E-state index in [2.05, 4.69) is 15.3 Å². The smallest absolute Gasteiger partial charge is 0.334 e. The zero-order valence-corrected chi connectivity index (χ0v) is 15.5. The Bertz CT molecular complexity index is 989. The topological polar surface area (TPSA) is 98.0 Å². The van der Waals surface area contributed by atoms with Crippen molar-refractivity contribution >= 4 is 34.7 Å².